The van der Waals surface area contributed by atoms with E-state index in [0.29, 0.717) is 23.5 Å². The number of aryl methyl sites for hydroxylation is 2. The van der Waals surface area contributed by atoms with Crippen molar-refractivity contribution in [1.29, 1.82) is 0 Å². The van der Waals surface area contributed by atoms with Crippen LogP contribution in [0, 0.1) is 13.8 Å². The van der Waals surface area contributed by atoms with E-state index in [-0.39, 0.29) is 17.5 Å². The molecule has 3 aromatic rings. The third kappa shape index (κ3) is 5.38. The minimum atomic E-state index is -0.435. The van der Waals surface area contributed by atoms with Gasteiger partial charge in [0.05, 0.1) is 12.7 Å². The first-order chi connectivity index (χ1) is 13.9. The van der Waals surface area contributed by atoms with Crippen molar-refractivity contribution < 1.29 is 14.3 Å². The summed E-state index contributed by atoms with van der Waals surface area (Å²) in [5, 5.41) is 5.90. The van der Waals surface area contributed by atoms with Crippen molar-refractivity contribution in [3.05, 3.63) is 82.7 Å². The highest BCUT2D eigenvalue weighted by Crippen LogP contribution is 2.16. The van der Waals surface area contributed by atoms with Gasteiger partial charge < -0.3 is 15.4 Å². The topological polar surface area (TPSA) is 93.2 Å². The Morgan fingerprint density at radius 1 is 1.00 bits per heavy atom. The number of nitrogens with zero attached hydrogens (tertiary/aromatic N) is 2. The molecule has 148 valence electrons. The average molecular weight is 390 g/mol. The largest absolute Gasteiger partial charge is 0.465 e. The Labute approximate surface area is 169 Å². The van der Waals surface area contributed by atoms with Crippen LogP contribution in [0.4, 0.5) is 11.6 Å². The molecule has 3 rings (SSSR count). The van der Waals surface area contributed by atoms with Crippen LogP contribution in [0.5, 0.6) is 0 Å². The standard InChI is InChI=1S/C22H22N4O3/c1-14-7-9-16(10-8-14)13-23-20(27)19-11-15(2)24-22(26-19)25-18-6-4-5-17(12-18)21(28)29-3/h4-12H,13H2,1-3H3,(H,23,27)(H,24,25,26). The molecule has 0 atom stereocenters. The van der Waals surface area contributed by atoms with Gasteiger partial charge in [0.15, 0.2) is 0 Å². The van der Waals surface area contributed by atoms with Crippen LogP contribution < -0.4 is 10.6 Å². The number of rotatable bonds is 6. The Kier molecular flexibility index (Phi) is 6.19. The van der Waals surface area contributed by atoms with Gasteiger partial charge in [-0.15, -0.1) is 0 Å². The highest BCUT2D eigenvalue weighted by Gasteiger charge is 2.12. The normalized spacial score (nSPS) is 10.3. The highest BCUT2D eigenvalue weighted by molar-refractivity contribution is 5.93. The molecule has 0 radical (unpaired) electrons. The second-order valence-electron chi connectivity index (χ2n) is 6.58. The number of hydrogen-bond acceptors (Lipinski definition) is 6. The van der Waals surface area contributed by atoms with Crippen molar-refractivity contribution in [1.82, 2.24) is 15.3 Å². The number of aromatic nitrogens is 2. The van der Waals surface area contributed by atoms with Crippen LogP contribution in [0.3, 0.4) is 0 Å². The van der Waals surface area contributed by atoms with E-state index in [0.717, 1.165) is 5.56 Å². The van der Waals surface area contributed by atoms with Crippen molar-refractivity contribution in [3.8, 4) is 0 Å². The minimum absolute atomic E-state index is 0.260. The Bertz CT molecular complexity index is 1030. The van der Waals surface area contributed by atoms with Gasteiger partial charge in [-0.05, 0) is 43.7 Å². The number of ether oxygens (including phenoxy) is 1. The molecule has 0 saturated carbocycles. The molecule has 2 N–H and O–H groups in total. The number of carbonyl (C=O) groups excluding carboxylic acids is 2. The number of esters is 1. The zero-order valence-electron chi connectivity index (χ0n) is 16.5. The first-order valence-electron chi connectivity index (χ1n) is 9.09. The lowest BCUT2D eigenvalue weighted by Gasteiger charge is -2.10. The van der Waals surface area contributed by atoms with Gasteiger partial charge >= 0.3 is 5.97 Å². The molecule has 0 saturated heterocycles. The Balaban J connectivity index is 1.73. The summed E-state index contributed by atoms with van der Waals surface area (Å²) in [7, 11) is 1.33. The van der Waals surface area contributed by atoms with Gasteiger partial charge in [-0.2, -0.15) is 0 Å². The summed E-state index contributed by atoms with van der Waals surface area (Å²) in [4.78, 5) is 32.8. The molecule has 0 spiro atoms. The summed E-state index contributed by atoms with van der Waals surface area (Å²) in [6.45, 7) is 4.21. The smallest absolute Gasteiger partial charge is 0.337 e. The molecular formula is C22H22N4O3. The summed E-state index contributed by atoms with van der Waals surface area (Å²) in [6.07, 6.45) is 0. The monoisotopic (exact) mass is 390 g/mol. The maximum absolute atomic E-state index is 12.5. The highest BCUT2D eigenvalue weighted by atomic mass is 16.5. The molecule has 1 heterocycles. The zero-order chi connectivity index (χ0) is 20.8. The molecule has 1 amide bonds. The molecular weight excluding hydrogens is 368 g/mol. The lowest BCUT2D eigenvalue weighted by atomic mass is 10.1. The van der Waals surface area contributed by atoms with E-state index in [1.165, 1.54) is 12.7 Å². The molecule has 0 aliphatic heterocycles. The first-order valence-corrected chi connectivity index (χ1v) is 9.09. The second-order valence-corrected chi connectivity index (χ2v) is 6.58. The van der Waals surface area contributed by atoms with E-state index in [4.69, 9.17) is 4.74 Å². The predicted molar refractivity (Wildman–Crippen MR) is 110 cm³/mol. The Hall–Kier alpha value is -3.74. The fourth-order valence-electron chi connectivity index (χ4n) is 2.69. The van der Waals surface area contributed by atoms with Crippen molar-refractivity contribution in [2.45, 2.75) is 20.4 Å². The zero-order valence-corrected chi connectivity index (χ0v) is 16.5. The number of carbonyl (C=O) groups is 2. The molecule has 0 bridgehead atoms. The van der Waals surface area contributed by atoms with Crippen LogP contribution in [0.2, 0.25) is 0 Å². The summed E-state index contributed by atoms with van der Waals surface area (Å²) in [5.41, 5.74) is 4.10. The Morgan fingerprint density at radius 2 is 1.76 bits per heavy atom. The van der Waals surface area contributed by atoms with Crippen LogP contribution in [0.25, 0.3) is 0 Å². The fraction of sp³-hybridized carbons (Fsp3) is 0.182. The lowest BCUT2D eigenvalue weighted by Crippen LogP contribution is -2.24. The molecule has 2 aromatic carbocycles. The van der Waals surface area contributed by atoms with Crippen molar-refractivity contribution in [2.24, 2.45) is 0 Å². The molecule has 0 aliphatic rings. The molecule has 0 aliphatic carbocycles. The number of amides is 1. The van der Waals surface area contributed by atoms with Gasteiger partial charge in [0.1, 0.15) is 5.69 Å². The first kappa shape index (κ1) is 20.0. The molecule has 0 unspecified atom stereocenters. The van der Waals surface area contributed by atoms with Crippen molar-refractivity contribution in [2.75, 3.05) is 12.4 Å². The maximum atomic E-state index is 12.5. The van der Waals surface area contributed by atoms with Gasteiger partial charge in [0, 0.05) is 17.9 Å². The number of nitrogens with one attached hydrogen (secondary N) is 2. The number of benzene rings is 2. The third-order valence-electron chi connectivity index (χ3n) is 4.20. The predicted octanol–water partition coefficient (Wildman–Crippen LogP) is 3.55. The van der Waals surface area contributed by atoms with E-state index < -0.39 is 5.97 Å². The number of methoxy groups -OCH3 is 1. The summed E-state index contributed by atoms with van der Waals surface area (Å²) in [5.74, 6) is -0.454. The van der Waals surface area contributed by atoms with Crippen LogP contribution >= 0.6 is 0 Å². The molecule has 0 fully saturated rings. The van der Waals surface area contributed by atoms with E-state index >= 15 is 0 Å². The maximum Gasteiger partial charge on any atom is 0.337 e. The van der Waals surface area contributed by atoms with Gasteiger partial charge in [-0.1, -0.05) is 35.9 Å². The van der Waals surface area contributed by atoms with E-state index in [9.17, 15) is 9.59 Å². The SMILES string of the molecule is COC(=O)c1cccc(Nc2nc(C)cc(C(=O)NCc3ccc(C)cc3)n2)c1. The summed E-state index contributed by atoms with van der Waals surface area (Å²) < 4.78 is 4.73. The third-order valence-corrected chi connectivity index (χ3v) is 4.20. The molecule has 7 heteroatoms. The Morgan fingerprint density at radius 3 is 2.48 bits per heavy atom. The van der Waals surface area contributed by atoms with Crippen molar-refractivity contribution >= 4 is 23.5 Å². The molecule has 7 nitrogen and oxygen atoms in total. The quantitative estimate of drug-likeness (QED) is 0.625. The van der Waals surface area contributed by atoms with E-state index in [1.54, 1.807) is 37.3 Å². The number of hydrogen-bond donors (Lipinski definition) is 2. The van der Waals surface area contributed by atoms with Gasteiger partial charge in [0.2, 0.25) is 5.95 Å². The van der Waals surface area contributed by atoms with Gasteiger partial charge in [0.25, 0.3) is 5.91 Å². The van der Waals surface area contributed by atoms with E-state index in [1.807, 2.05) is 31.2 Å². The molecule has 29 heavy (non-hydrogen) atoms. The van der Waals surface area contributed by atoms with Crippen LogP contribution in [-0.2, 0) is 11.3 Å². The number of anilines is 2. The lowest BCUT2D eigenvalue weighted by molar-refractivity contribution is 0.0600. The minimum Gasteiger partial charge on any atom is -0.465 e. The van der Waals surface area contributed by atoms with E-state index in [2.05, 4.69) is 20.6 Å². The molecule has 1 aromatic heterocycles. The average Bonchev–Trinajstić information content (AvgIpc) is 2.72. The summed E-state index contributed by atoms with van der Waals surface area (Å²) in [6, 6.07) is 16.4. The van der Waals surface area contributed by atoms with Crippen LogP contribution in [-0.4, -0.2) is 29.0 Å². The van der Waals surface area contributed by atoms with Crippen molar-refractivity contribution in [3.63, 3.8) is 0 Å². The van der Waals surface area contributed by atoms with Gasteiger partial charge in [-0.25, -0.2) is 14.8 Å². The van der Waals surface area contributed by atoms with Crippen LogP contribution in [0.15, 0.2) is 54.6 Å². The fourth-order valence-corrected chi connectivity index (χ4v) is 2.69. The van der Waals surface area contributed by atoms with Crippen LogP contribution in [0.1, 0.15) is 37.7 Å². The second kappa shape index (κ2) is 8.97. The van der Waals surface area contributed by atoms with Gasteiger partial charge in [-0.3, -0.25) is 4.79 Å². The summed E-state index contributed by atoms with van der Waals surface area (Å²) >= 11 is 0.